The number of nitrogens with one attached hydrogen (secondary N) is 2. The number of rotatable bonds is 6. The zero-order chi connectivity index (χ0) is 15.0. The molecule has 6 heteroatoms. The fraction of sp³-hybridized carbons (Fsp3) is 0.357. The van der Waals surface area contributed by atoms with Crippen molar-refractivity contribution in [2.24, 2.45) is 0 Å². The molecule has 20 heavy (non-hydrogen) atoms. The molecule has 0 aliphatic rings. The van der Waals surface area contributed by atoms with Crippen LogP contribution in [0.4, 0.5) is 0 Å². The number of nitriles is 1. The molecule has 0 heterocycles. The zero-order valence-electron chi connectivity index (χ0n) is 11.5. The van der Waals surface area contributed by atoms with Crippen LogP contribution < -0.4 is 15.4 Å². The van der Waals surface area contributed by atoms with E-state index in [2.05, 4.69) is 10.6 Å². The van der Waals surface area contributed by atoms with Gasteiger partial charge in [-0.1, -0.05) is 12.1 Å². The molecule has 1 rings (SSSR count). The predicted octanol–water partition coefficient (Wildman–Crippen LogP) is 0.578. The van der Waals surface area contributed by atoms with E-state index in [1.807, 2.05) is 6.07 Å². The third kappa shape index (κ3) is 4.61. The third-order valence-electron chi connectivity index (χ3n) is 2.49. The SMILES string of the molecule is CCNC(=O)C(C)NC(=O)COc1ccccc1C#N. The Kier molecular flexibility index (Phi) is 6.04. The first-order valence-corrected chi connectivity index (χ1v) is 6.27. The molecule has 106 valence electrons. The van der Waals surface area contributed by atoms with Crippen molar-refractivity contribution in [1.82, 2.24) is 10.6 Å². The average Bonchev–Trinajstić information content (AvgIpc) is 2.45. The Bertz CT molecular complexity index is 523. The van der Waals surface area contributed by atoms with Crippen molar-refractivity contribution >= 4 is 11.8 Å². The predicted molar refractivity (Wildman–Crippen MR) is 72.9 cm³/mol. The number of para-hydroxylation sites is 1. The lowest BCUT2D eigenvalue weighted by molar-refractivity contribution is -0.129. The minimum absolute atomic E-state index is 0.248. The van der Waals surface area contributed by atoms with Gasteiger partial charge in [-0.3, -0.25) is 9.59 Å². The van der Waals surface area contributed by atoms with E-state index in [0.717, 1.165) is 0 Å². The van der Waals surface area contributed by atoms with Gasteiger partial charge in [0.25, 0.3) is 5.91 Å². The highest BCUT2D eigenvalue weighted by Crippen LogP contribution is 2.16. The van der Waals surface area contributed by atoms with Gasteiger partial charge in [-0.25, -0.2) is 0 Å². The molecule has 1 unspecified atom stereocenters. The van der Waals surface area contributed by atoms with Crippen molar-refractivity contribution in [3.63, 3.8) is 0 Å². The molecule has 0 saturated carbocycles. The van der Waals surface area contributed by atoms with Crippen LogP contribution in [0.3, 0.4) is 0 Å². The van der Waals surface area contributed by atoms with Crippen LogP contribution in [0.25, 0.3) is 0 Å². The second-order valence-electron chi connectivity index (χ2n) is 4.08. The van der Waals surface area contributed by atoms with E-state index in [9.17, 15) is 9.59 Å². The van der Waals surface area contributed by atoms with Crippen LogP contribution in [0.5, 0.6) is 5.75 Å². The Morgan fingerprint density at radius 2 is 2.10 bits per heavy atom. The molecule has 2 amide bonds. The number of ether oxygens (including phenoxy) is 1. The summed E-state index contributed by atoms with van der Waals surface area (Å²) in [6, 6.07) is 7.98. The van der Waals surface area contributed by atoms with E-state index >= 15 is 0 Å². The van der Waals surface area contributed by atoms with Crippen LogP contribution >= 0.6 is 0 Å². The van der Waals surface area contributed by atoms with Crippen molar-refractivity contribution in [1.29, 1.82) is 5.26 Å². The fourth-order valence-corrected chi connectivity index (χ4v) is 1.50. The van der Waals surface area contributed by atoms with Gasteiger partial charge in [0.1, 0.15) is 17.9 Å². The maximum absolute atomic E-state index is 11.6. The van der Waals surface area contributed by atoms with Crippen molar-refractivity contribution in [2.45, 2.75) is 19.9 Å². The van der Waals surface area contributed by atoms with Gasteiger partial charge >= 0.3 is 0 Å². The molecule has 0 radical (unpaired) electrons. The highest BCUT2D eigenvalue weighted by atomic mass is 16.5. The normalized spacial score (nSPS) is 11.1. The molecule has 1 aromatic rings. The number of carbonyl (C=O) groups excluding carboxylic acids is 2. The molecule has 0 aliphatic heterocycles. The van der Waals surface area contributed by atoms with Gasteiger partial charge in [-0.15, -0.1) is 0 Å². The molecule has 0 aromatic heterocycles. The van der Waals surface area contributed by atoms with E-state index < -0.39 is 11.9 Å². The first-order chi connectivity index (χ1) is 9.58. The summed E-state index contributed by atoms with van der Waals surface area (Å²) >= 11 is 0. The molecule has 0 fully saturated rings. The van der Waals surface area contributed by atoms with Gasteiger partial charge in [0.2, 0.25) is 5.91 Å². The second kappa shape index (κ2) is 7.79. The van der Waals surface area contributed by atoms with Crippen molar-refractivity contribution < 1.29 is 14.3 Å². The Morgan fingerprint density at radius 1 is 1.40 bits per heavy atom. The number of hydrogen-bond acceptors (Lipinski definition) is 4. The molecule has 0 spiro atoms. The lowest BCUT2D eigenvalue weighted by Crippen LogP contribution is -2.46. The van der Waals surface area contributed by atoms with Gasteiger partial charge in [-0.2, -0.15) is 5.26 Å². The van der Waals surface area contributed by atoms with E-state index in [1.165, 1.54) is 0 Å². The maximum atomic E-state index is 11.6. The Hall–Kier alpha value is -2.55. The summed E-state index contributed by atoms with van der Waals surface area (Å²) in [5.41, 5.74) is 0.358. The van der Waals surface area contributed by atoms with Crippen LogP contribution in [0.2, 0.25) is 0 Å². The number of carbonyl (C=O) groups is 2. The molecular weight excluding hydrogens is 258 g/mol. The molecule has 0 aliphatic carbocycles. The first kappa shape index (κ1) is 15.5. The van der Waals surface area contributed by atoms with Crippen molar-refractivity contribution in [3.8, 4) is 11.8 Å². The smallest absolute Gasteiger partial charge is 0.258 e. The third-order valence-corrected chi connectivity index (χ3v) is 2.49. The monoisotopic (exact) mass is 275 g/mol. The van der Waals surface area contributed by atoms with Gasteiger partial charge in [0, 0.05) is 6.54 Å². The van der Waals surface area contributed by atoms with Gasteiger partial charge < -0.3 is 15.4 Å². The molecule has 2 N–H and O–H groups in total. The minimum atomic E-state index is -0.628. The van der Waals surface area contributed by atoms with E-state index in [0.29, 0.717) is 17.9 Å². The number of amides is 2. The van der Waals surface area contributed by atoms with Crippen molar-refractivity contribution in [2.75, 3.05) is 13.2 Å². The van der Waals surface area contributed by atoms with Crippen molar-refractivity contribution in [3.05, 3.63) is 29.8 Å². The Morgan fingerprint density at radius 3 is 2.75 bits per heavy atom. The number of nitrogens with zero attached hydrogens (tertiary/aromatic N) is 1. The second-order valence-corrected chi connectivity index (χ2v) is 4.08. The molecule has 0 bridgehead atoms. The van der Waals surface area contributed by atoms with Crippen LogP contribution in [0.1, 0.15) is 19.4 Å². The summed E-state index contributed by atoms with van der Waals surface area (Å²) in [7, 11) is 0. The van der Waals surface area contributed by atoms with Gasteiger partial charge in [-0.05, 0) is 26.0 Å². The number of likely N-dealkylation sites (N-methyl/N-ethyl adjacent to an activating group) is 1. The molecular formula is C14H17N3O3. The fourth-order valence-electron chi connectivity index (χ4n) is 1.50. The van der Waals surface area contributed by atoms with Gasteiger partial charge in [0.05, 0.1) is 5.56 Å². The van der Waals surface area contributed by atoms with Gasteiger partial charge in [0.15, 0.2) is 6.61 Å². The summed E-state index contributed by atoms with van der Waals surface area (Å²) < 4.78 is 5.26. The van der Waals surface area contributed by atoms with Crippen LogP contribution in [0, 0.1) is 11.3 Å². The minimum Gasteiger partial charge on any atom is -0.482 e. The summed E-state index contributed by atoms with van der Waals surface area (Å²) in [4.78, 5) is 23.1. The number of hydrogen-bond donors (Lipinski definition) is 2. The molecule has 0 saturated heterocycles. The van der Waals surface area contributed by atoms with Crippen LogP contribution in [-0.2, 0) is 9.59 Å². The highest BCUT2D eigenvalue weighted by Gasteiger charge is 2.15. The molecule has 1 aromatic carbocycles. The molecule has 6 nitrogen and oxygen atoms in total. The van der Waals surface area contributed by atoms with E-state index in [-0.39, 0.29) is 12.5 Å². The van der Waals surface area contributed by atoms with E-state index in [4.69, 9.17) is 10.00 Å². The summed E-state index contributed by atoms with van der Waals surface area (Å²) in [6.45, 7) is 3.65. The lowest BCUT2D eigenvalue weighted by Gasteiger charge is -2.14. The topological polar surface area (TPSA) is 91.2 Å². The summed E-state index contributed by atoms with van der Waals surface area (Å²) in [6.07, 6.45) is 0. The van der Waals surface area contributed by atoms with Crippen LogP contribution in [-0.4, -0.2) is 31.0 Å². The summed E-state index contributed by atoms with van der Waals surface area (Å²) in [5, 5.41) is 14.0. The lowest BCUT2D eigenvalue weighted by atomic mass is 10.2. The first-order valence-electron chi connectivity index (χ1n) is 6.27. The van der Waals surface area contributed by atoms with E-state index in [1.54, 1.807) is 38.1 Å². The number of benzene rings is 1. The quantitative estimate of drug-likeness (QED) is 0.794. The highest BCUT2D eigenvalue weighted by molar-refractivity contribution is 5.87. The average molecular weight is 275 g/mol. The largest absolute Gasteiger partial charge is 0.482 e. The Labute approximate surface area is 117 Å². The summed E-state index contributed by atoms with van der Waals surface area (Å²) in [5.74, 6) is -0.328. The van der Waals surface area contributed by atoms with Crippen LogP contribution in [0.15, 0.2) is 24.3 Å². The standard InChI is InChI=1S/C14H17N3O3/c1-3-16-14(19)10(2)17-13(18)9-20-12-7-5-4-6-11(12)8-15/h4-7,10H,3,9H2,1-2H3,(H,16,19)(H,17,18). The zero-order valence-corrected chi connectivity index (χ0v) is 11.5. The Balaban J connectivity index is 2.48. The molecule has 1 atom stereocenters. The maximum Gasteiger partial charge on any atom is 0.258 e.